The average Bonchev–Trinajstić information content (AvgIpc) is 2.39. The summed E-state index contributed by atoms with van der Waals surface area (Å²) in [6.45, 7) is 0. The molecule has 98 valence electrons. The molecule has 1 fully saturated rings. The van der Waals surface area contributed by atoms with Gasteiger partial charge in [-0.2, -0.15) is 0 Å². The van der Waals surface area contributed by atoms with E-state index in [1.54, 1.807) is 0 Å². The summed E-state index contributed by atoms with van der Waals surface area (Å²) in [5, 5.41) is 4.14. The number of amides is 1. The second-order valence-electron chi connectivity index (χ2n) is 4.79. The molecule has 1 N–H and O–H groups in total. The van der Waals surface area contributed by atoms with Gasteiger partial charge in [-0.15, -0.1) is 0 Å². The van der Waals surface area contributed by atoms with E-state index in [0.717, 1.165) is 21.8 Å². The Labute approximate surface area is 125 Å². The maximum Gasteiger partial charge on any atom is 0.251 e. The molecule has 0 spiro atoms. The molecular weight excluding hydrogens is 358 g/mol. The number of benzene rings is 1. The molecule has 0 saturated heterocycles. The number of hydrogen-bond donors (Lipinski definition) is 1. The summed E-state index contributed by atoms with van der Waals surface area (Å²) in [7, 11) is 0. The summed E-state index contributed by atoms with van der Waals surface area (Å²) in [5.74, 6) is 0.601. The van der Waals surface area contributed by atoms with Crippen LogP contribution in [0.1, 0.15) is 36.0 Å². The summed E-state index contributed by atoms with van der Waals surface area (Å²) in [6.07, 6.45) is 4.79. The molecular formula is C14H17Br2NO. The zero-order chi connectivity index (χ0) is 13.0. The molecule has 18 heavy (non-hydrogen) atoms. The van der Waals surface area contributed by atoms with Crippen molar-refractivity contribution in [1.29, 1.82) is 0 Å². The third-order valence-corrected chi connectivity index (χ3v) is 4.84. The highest BCUT2D eigenvalue weighted by molar-refractivity contribution is 9.10. The molecule has 1 aromatic rings. The van der Waals surface area contributed by atoms with E-state index in [2.05, 4.69) is 37.2 Å². The van der Waals surface area contributed by atoms with Gasteiger partial charge in [-0.25, -0.2) is 0 Å². The molecule has 1 amide bonds. The van der Waals surface area contributed by atoms with Crippen LogP contribution in [0.2, 0.25) is 0 Å². The van der Waals surface area contributed by atoms with Crippen molar-refractivity contribution in [3.63, 3.8) is 0 Å². The normalized spacial score (nSPS) is 23.7. The number of hydrogen-bond acceptors (Lipinski definition) is 1. The molecule has 0 bridgehead atoms. The van der Waals surface area contributed by atoms with Crippen LogP contribution in [0, 0.1) is 5.92 Å². The van der Waals surface area contributed by atoms with Crippen molar-refractivity contribution in [1.82, 2.24) is 5.32 Å². The van der Waals surface area contributed by atoms with Gasteiger partial charge in [0.25, 0.3) is 5.91 Å². The van der Waals surface area contributed by atoms with Gasteiger partial charge in [-0.1, -0.05) is 50.8 Å². The lowest BCUT2D eigenvalue weighted by Gasteiger charge is -2.31. The lowest BCUT2D eigenvalue weighted by molar-refractivity contribution is 0.0911. The van der Waals surface area contributed by atoms with E-state index in [-0.39, 0.29) is 5.91 Å². The van der Waals surface area contributed by atoms with E-state index in [9.17, 15) is 4.79 Å². The van der Waals surface area contributed by atoms with Crippen molar-refractivity contribution in [2.75, 3.05) is 5.33 Å². The number of carbonyl (C=O) groups is 1. The highest BCUT2D eigenvalue weighted by atomic mass is 79.9. The maximum absolute atomic E-state index is 12.2. The average molecular weight is 375 g/mol. The van der Waals surface area contributed by atoms with Crippen LogP contribution in [0.4, 0.5) is 0 Å². The molecule has 1 saturated carbocycles. The predicted octanol–water partition coefficient (Wildman–Crippen LogP) is 4.13. The van der Waals surface area contributed by atoms with Gasteiger partial charge in [0, 0.05) is 21.4 Å². The fourth-order valence-corrected chi connectivity index (χ4v) is 3.64. The first-order valence-corrected chi connectivity index (χ1v) is 8.24. The third-order valence-electron chi connectivity index (χ3n) is 3.51. The van der Waals surface area contributed by atoms with Crippen LogP contribution < -0.4 is 5.32 Å². The highest BCUT2D eigenvalue weighted by Crippen LogP contribution is 2.26. The van der Waals surface area contributed by atoms with Gasteiger partial charge in [0.1, 0.15) is 0 Å². The maximum atomic E-state index is 12.2. The summed E-state index contributed by atoms with van der Waals surface area (Å²) in [4.78, 5) is 12.2. The number of rotatable bonds is 3. The molecule has 4 heteroatoms. The van der Waals surface area contributed by atoms with E-state index in [4.69, 9.17) is 0 Å². The predicted molar refractivity (Wildman–Crippen MR) is 81.1 cm³/mol. The number of nitrogens with one attached hydrogen (secondary N) is 1. The van der Waals surface area contributed by atoms with Gasteiger partial charge in [0.05, 0.1) is 0 Å². The summed E-state index contributed by atoms with van der Waals surface area (Å²) in [5.41, 5.74) is 0.725. The molecule has 2 nitrogen and oxygen atoms in total. The SMILES string of the molecule is O=C(NC1CCCCC1CBr)c1cccc(Br)c1. The zero-order valence-corrected chi connectivity index (χ0v) is 13.3. The molecule has 1 aliphatic rings. The fraction of sp³-hybridized carbons (Fsp3) is 0.500. The van der Waals surface area contributed by atoms with Gasteiger partial charge in [-0.05, 0) is 37.0 Å². The molecule has 2 atom stereocenters. The van der Waals surface area contributed by atoms with Crippen molar-refractivity contribution >= 4 is 37.8 Å². The Kier molecular flexibility index (Phi) is 5.25. The molecule has 0 heterocycles. The number of carbonyl (C=O) groups excluding carboxylic acids is 1. The van der Waals surface area contributed by atoms with Crippen LogP contribution in [0.5, 0.6) is 0 Å². The second-order valence-corrected chi connectivity index (χ2v) is 6.35. The molecule has 2 rings (SSSR count). The molecule has 2 unspecified atom stereocenters. The molecule has 0 aliphatic heterocycles. The number of alkyl halides is 1. The van der Waals surface area contributed by atoms with Gasteiger partial charge in [0.2, 0.25) is 0 Å². The highest BCUT2D eigenvalue weighted by Gasteiger charge is 2.25. The Morgan fingerprint density at radius 2 is 2.11 bits per heavy atom. The smallest absolute Gasteiger partial charge is 0.251 e. The van der Waals surface area contributed by atoms with E-state index < -0.39 is 0 Å². The first-order chi connectivity index (χ1) is 8.70. The minimum absolute atomic E-state index is 0.0363. The van der Waals surface area contributed by atoms with E-state index in [1.165, 1.54) is 19.3 Å². The van der Waals surface area contributed by atoms with Crippen LogP contribution in [-0.2, 0) is 0 Å². The minimum atomic E-state index is 0.0363. The monoisotopic (exact) mass is 373 g/mol. The summed E-state index contributed by atoms with van der Waals surface area (Å²) in [6, 6.07) is 7.85. The Morgan fingerprint density at radius 3 is 2.83 bits per heavy atom. The topological polar surface area (TPSA) is 29.1 Å². The van der Waals surface area contributed by atoms with Gasteiger partial charge in [-0.3, -0.25) is 4.79 Å². The Morgan fingerprint density at radius 1 is 1.33 bits per heavy atom. The Hall–Kier alpha value is -0.350. The molecule has 1 aliphatic carbocycles. The summed E-state index contributed by atoms with van der Waals surface area (Å²) < 4.78 is 0.941. The van der Waals surface area contributed by atoms with Crippen molar-refractivity contribution in [2.45, 2.75) is 31.7 Å². The molecule has 0 radical (unpaired) electrons. The largest absolute Gasteiger partial charge is 0.349 e. The van der Waals surface area contributed by atoms with Crippen LogP contribution in [0.3, 0.4) is 0 Å². The number of halogens is 2. The zero-order valence-electron chi connectivity index (χ0n) is 10.2. The first-order valence-electron chi connectivity index (χ1n) is 6.33. The lowest BCUT2D eigenvalue weighted by atomic mass is 9.86. The van der Waals surface area contributed by atoms with Crippen LogP contribution in [-0.4, -0.2) is 17.3 Å². The van der Waals surface area contributed by atoms with E-state index in [1.807, 2.05) is 24.3 Å². The molecule has 1 aromatic carbocycles. The third kappa shape index (κ3) is 3.58. The quantitative estimate of drug-likeness (QED) is 0.791. The van der Waals surface area contributed by atoms with Gasteiger partial charge < -0.3 is 5.32 Å². The van der Waals surface area contributed by atoms with Crippen molar-refractivity contribution in [3.8, 4) is 0 Å². The molecule has 0 aromatic heterocycles. The Balaban J connectivity index is 2.02. The van der Waals surface area contributed by atoms with Crippen LogP contribution >= 0.6 is 31.9 Å². The Bertz CT molecular complexity index is 422. The fourth-order valence-electron chi connectivity index (χ4n) is 2.46. The van der Waals surface area contributed by atoms with E-state index >= 15 is 0 Å². The van der Waals surface area contributed by atoms with Crippen LogP contribution in [0.25, 0.3) is 0 Å². The second kappa shape index (κ2) is 6.71. The van der Waals surface area contributed by atoms with Crippen molar-refractivity contribution < 1.29 is 4.79 Å². The van der Waals surface area contributed by atoms with Gasteiger partial charge >= 0.3 is 0 Å². The minimum Gasteiger partial charge on any atom is -0.349 e. The first kappa shape index (κ1) is 14.1. The standard InChI is InChI=1S/C14H17Br2NO/c15-9-11-4-1-2-7-13(11)17-14(18)10-5-3-6-12(16)8-10/h3,5-6,8,11,13H,1-2,4,7,9H2,(H,17,18). The van der Waals surface area contributed by atoms with Gasteiger partial charge in [0.15, 0.2) is 0 Å². The summed E-state index contributed by atoms with van der Waals surface area (Å²) >= 11 is 6.94. The van der Waals surface area contributed by atoms with Crippen LogP contribution in [0.15, 0.2) is 28.7 Å². The van der Waals surface area contributed by atoms with Crippen molar-refractivity contribution in [3.05, 3.63) is 34.3 Å². The van der Waals surface area contributed by atoms with E-state index in [0.29, 0.717) is 12.0 Å². The lowest BCUT2D eigenvalue weighted by Crippen LogP contribution is -2.42. The van der Waals surface area contributed by atoms with Crippen molar-refractivity contribution in [2.24, 2.45) is 5.92 Å².